The van der Waals surface area contributed by atoms with Gasteiger partial charge in [-0.2, -0.15) is 8.78 Å². The number of nitrogens with two attached hydrogens (primary N) is 2. The third-order valence-electron chi connectivity index (χ3n) is 6.28. The van der Waals surface area contributed by atoms with Crippen LogP contribution in [0.25, 0.3) is 0 Å². The number of halogens is 4. The largest absolute Gasteiger partial charge is 0.491 e. The number of ether oxygens (including phenoxy) is 2. The van der Waals surface area contributed by atoms with Crippen molar-refractivity contribution in [2.75, 3.05) is 30.4 Å². The van der Waals surface area contributed by atoms with Crippen LogP contribution in [0, 0.1) is 20.2 Å². The van der Waals surface area contributed by atoms with E-state index >= 15 is 0 Å². The van der Waals surface area contributed by atoms with Crippen LogP contribution < -0.4 is 26.8 Å². The van der Waals surface area contributed by atoms with E-state index < -0.39 is 74.9 Å². The average Bonchev–Trinajstić information content (AvgIpc) is 3.01. The molecule has 0 aliphatic rings. The summed E-state index contributed by atoms with van der Waals surface area (Å²) in [5, 5.41) is 26.5. The second kappa shape index (κ2) is 15.5. The fourth-order valence-corrected chi connectivity index (χ4v) is 4.01. The fourth-order valence-electron chi connectivity index (χ4n) is 4.01. The highest BCUT2D eigenvalue weighted by Crippen LogP contribution is 2.38. The summed E-state index contributed by atoms with van der Waals surface area (Å²) in [6, 6.07) is 8.31. The summed E-state index contributed by atoms with van der Waals surface area (Å²) in [4.78, 5) is 44.0. The highest BCUT2D eigenvalue weighted by atomic mass is 19.3. The molecular weight excluding hydrogens is 624 g/mol. The zero-order valence-electron chi connectivity index (χ0n) is 23.8. The van der Waals surface area contributed by atoms with Gasteiger partial charge in [-0.25, -0.2) is 8.78 Å². The number of carbonyl (C=O) groups excluding carboxylic acids is 2. The normalized spacial score (nSPS) is 12.5. The van der Waals surface area contributed by atoms with Gasteiger partial charge in [-0.3, -0.25) is 29.8 Å². The molecule has 6 N–H and O–H groups in total. The number of amides is 2. The number of carbonyl (C=O) groups is 2. The highest BCUT2D eigenvalue weighted by Gasteiger charge is 2.47. The van der Waals surface area contributed by atoms with Crippen molar-refractivity contribution in [2.45, 2.75) is 31.4 Å². The van der Waals surface area contributed by atoms with Crippen molar-refractivity contribution in [1.29, 1.82) is 0 Å². The van der Waals surface area contributed by atoms with E-state index in [9.17, 15) is 47.4 Å². The van der Waals surface area contributed by atoms with Crippen LogP contribution in [-0.2, 0) is 11.3 Å². The number of anilines is 2. The molecule has 2 atom stereocenters. The van der Waals surface area contributed by atoms with Crippen molar-refractivity contribution >= 4 is 34.6 Å². The number of nitro benzene ring substituents is 2. The van der Waals surface area contributed by atoms with Gasteiger partial charge in [0.1, 0.15) is 11.4 Å². The molecule has 0 bridgehead atoms. The maximum absolute atomic E-state index is 14.9. The van der Waals surface area contributed by atoms with Gasteiger partial charge < -0.3 is 31.6 Å². The summed E-state index contributed by atoms with van der Waals surface area (Å²) >= 11 is 0. The molecule has 3 rings (SSSR count). The molecule has 0 fully saturated rings. The molecule has 0 heterocycles. The van der Waals surface area contributed by atoms with Crippen molar-refractivity contribution in [2.24, 2.45) is 11.5 Å². The molecule has 0 aromatic heterocycles. The lowest BCUT2D eigenvalue weighted by Gasteiger charge is -2.25. The van der Waals surface area contributed by atoms with Gasteiger partial charge in [0.15, 0.2) is 11.9 Å². The first kappa shape index (κ1) is 35.0. The first-order valence-corrected chi connectivity index (χ1v) is 13.3. The molecule has 3 aromatic carbocycles. The molecule has 0 saturated carbocycles. The Morgan fingerprint density at radius 3 is 2.13 bits per heavy atom. The summed E-state index contributed by atoms with van der Waals surface area (Å²) < 4.78 is 70.1. The van der Waals surface area contributed by atoms with Crippen molar-refractivity contribution < 1.29 is 46.5 Å². The molecule has 0 radical (unpaired) electrons. The van der Waals surface area contributed by atoms with Gasteiger partial charge in [-0.05, 0) is 23.8 Å². The minimum atomic E-state index is -4.75. The van der Waals surface area contributed by atoms with Gasteiger partial charge in [0, 0.05) is 36.2 Å². The van der Waals surface area contributed by atoms with E-state index in [1.807, 2.05) is 30.3 Å². The fraction of sp³-hybridized carbons (Fsp3) is 0.286. The topological polar surface area (TPSA) is 215 Å². The van der Waals surface area contributed by atoms with E-state index in [1.165, 1.54) is 5.32 Å². The number of nitrogens with one attached hydrogen (secondary N) is 2. The maximum Gasteiger partial charge on any atom is 0.357 e. The lowest BCUT2D eigenvalue weighted by atomic mass is 10.1. The second-order valence-corrected chi connectivity index (χ2v) is 9.63. The van der Waals surface area contributed by atoms with E-state index in [1.54, 1.807) is 0 Å². The lowest BCUT2D eigenvalue weighted by molar-refractivity contribution is -0.384. The molecule has 0 spiro atoms. The van der Waals surface area contributed by atoms with Gasteiger partial charge in [0.05, 0.1) is 29.7 Å². The van der Waals surface area contributed by atoms with Gasteiger partial charge in [0.2, 0.25) is 18.0 Å². The SMILES string of the molecule is NC(=O)c1ccc(NC(F)(F)C(F)C(F)CNc2c(OCCCOCc3ccccc3)cc(C(N)=O)cc2[N+](=O)[O-])c([N+](=O)[O-])c1. The van der Waals surface area contributed by atoms with Crippen LogP contribution in [0.5, 0.6) is 5.75 Å². The van der Waals surface area contributed by atoms with Gasteiger partial charge >= 0.3 is 6.05 Å². The molecule has 3 aromatic rings. The van der Waals surface area contributed by atoms with E-state index in [0.717, 1.165) is 23.8 Å². The van der Waals surface area contributed by atoms with Gasteiger partial charge in [0.25, 0.3) is 11.4 Å². The van der Waals surface area contributed by atoms with Gasteiger partial charge in [-0.1, -0.05) is 30.3 Å². The minimum absolute atomic E-state index is 0.122. The molecule has 0 aliphatic carbocycles. The summed E-state index contributed by atoms with van der Waals surface area (Å²) in [7, 11) is 0. The number of nitro groups is 2. The summed E-state index contributed by atoms with van der Waals surface area (Å²) in [6.07, 6.45) is -6.45. The van der Waals surface area contributed by atoms with E-state index in [0.29, 0.717) is 18.7 Å². The molecule has 246 valence electrons. The first-order chi connectivity index (χ1) is 21.7. The zero-order chi connectivity index (χ0) is 34.0. The molecule has 14 nitrogen and oxygen atoms in total. The Morgan fingerprint density at radius 2 is 1.52 bits per heavy atom. The number of hydrogen-bond donors (Lipinski definition) is 4. The van der Waals surface area contributed by atoms with Crippen LogP contribution >= 0.6 is 0 Å². The number of alkyl halides is 4. The standard InChI is InChI=1S/C28H28F4N6O8/c29-19(25(30)28(31,32)36-20-8-7-17(26(33)39)11-21(20)37(41)42)14-35-24-22(38(43)44)12-18(27(34)40)13-23(24)46-10-4-9-45-15-16-5-2-1-3-6-16/h1-3,5-8,11-13,19,25,35-36H,4,9-10,14-15H2,(H2,33,39)(H2,34,40). The van der Waals surface area contributed by atoms with E-state index in [2.05, 4.69) is 5.32 Å². The average molecular weight is 653 g/mol. The van der Waals surface area contributed by atoms with Crippen LogP contribution in [0.15, 0.2) is 60.7 Å². The Kier molecular flexibility index (Phi) is 11.8. The smallest absolute Gasteiger partial charge is 0.357 e. The van der Waals surface area contributed by atoms with E-state index in [-0.39, 0.29) is 30.9 Å². The summed E-state index contributed by atoms with van der Waals surface area (Å²) in [5.74, 6) is -2.54. The number of hydrogen-bond acceptors (Lipinski definition) is 10. The first-order valence-electron chi connectivity index (χ1n) is 13.3. The molecule has 2 unspecified atom stereocenters. The van der Waals surface area contributed by atoms with E-state index in [4.69, 9.17) is 20.9 Å². The van der Waals surface area contributed by atoms with Crippen molar-refractivity contribution in [3.8, 4) is 5.75 Å². The Labute approximate surface area is 257 Å². The molecular formula is C28H28F4N6O8. The number of rotatable bonds is 18. The van der Waals surface area contributed by atoms with Crippen LogP contribution in [0.1, 0.15) is 32.7 Å². The van der Waals surface area contributed by atoms with Crippen LogP contribution in [0.2, 0.25) is 0 Å². The van der Waals surface area contributed by atoms with Crippen molar-refractivity contribution in [3.05, 3.63) is 97.6 Å². The number of primary amides is 2. The quantitative estimate of drug-likeness (QED) is 0.0497. The third kappa shape index (κ3) is 9.24. The third-order valence-corrected chi connectivity index (χ3v) is 6.28. The molecule has 0 saturated heterocycles. The van der Waals surface area contributed by atoms with Crippen LogP contribution in [0.3, 0.4) is 0 Å². The summed E-state index contributed by atoms with van der Waals surface area (Å²) in [6.45, 7) is -0.904. The highest BCUT2D eigenvalue weighted by molar-refractivity contribution is 5.96. The number of nitrogens with zero attached hydrogens (tertiary/aromatic N) is 2. The Hall–Kier alpha value is -5.52. The Morgan fingerprint density at radius 1 is 0.891 bits per heavy atom. The lowest BCUT2D eigenvalue weighted by Crippen LogP contribution is -2.46. The monoisotopic (exact) mass is 652 g/mol. The Balaban J connectivity index is 1.73. The minimum Gasteiger partial charge on any atom is -0.491 e. The zero-order valence-corrected chi connectivity index (χ0v) is 23.8. The molecule has 0 aliphatic heterocycles. The van der Waals surface area contributed by atoms with Crippen molar-refractivity contribution in [3.63, 3.8) is 0 Å². The predicted octanol–water partition coefficient (Wildman–Crippen LogP) is 4.48. The molecule has 46 heavy (non-hydrogen) atoms. The summed E-state index contributed by atoms with van der Waals surface area (Å²) in [5.41, 5.74) is 7.05. The molecule has 2 amide bonds. The molecule has 18 heteroatoms. The van der Waals surface area contributed by atoms with Gasteiger partial charge in [-0.15, -0.1) is 0 Å². The van der Waals surface area contributed by atoms with Crippen molar-refractivity contribution in [1.82, 2.24) is 0 Å². The van der Waals surface area contributed by atoms with Crippen LogP contribution in [0.4, 0.5) is 40.3 Å². The number of benzene rings is 3. The predicted molar refractivity (Wildman–Crippen MR) is 156 cm³/mol. The Bertz CT molecular complexity index is 1580. The van der Waals surface area contributed by atoms with Crippen LogP contribution in [-0.4, -0.2) is 59.8 Å². The second-order valence-electron chi connectivity index (χ2n) is 9.63. The maximum atomic E-state index is 14.9.